The largest absolute Gasteiger partial charge is 0.223 e. The minimum absolute atomic E-state index is 0.310. The third-order valence-corrected chi connectivity index (χ3v) is 2.18. The summed E-state index contributed by atoms with van der Waals surface area (Å²) in [6, 6.07) is 0. The van der Waals surface area contributed by atoms with Crippen molar-refractivity contribution in [3.05, 3.63) is 25.6 Å². The molecule has 1 fully saturated rings. The Bertz CT molecular complexity index is 325. The first-order valence-electron chi connectivity index (χ1n) is 5.47. The van der Waals surface area contributed by atoms with Crippen LogP contribution in [-0.2, 0) is 19.7 Å². The van der Waals surface area contributed by atoms with Crippen LogP contribution in [0.15, 0.2) is 25.6 Å². The first-order valence-corrected chi connectivity index (χ1v) is 5.47. The van der Waals surface area contributed by atoms with Gasteiger partial charge in [-0.2, -0.15) is 0 Å². The molecule has 0 spiro atoms. The Labute approximate surface area is 107 Å². The van der Waals surface area contributed by atoms with Crippen LogP contribution in [0, 0.1) is 0 Å². The number of hydrogen-bond donors (Lipinski definition) is 0. The summed E-state index contributed by atoms with van der Waals surface area (Å²) in [6.07, 6.45) is 2.45. The highest BCUT2D eigenvalue weighted by atomic mass is 17.3. The van der Waals surface area contributed by atoms with Gasteiger partial charge < -0.3 is 0 Å². The lowest BCUT2D eigenvalue weighted by atomic mass is 10.7. The SMILES string of the molecule is C=CN1O[C@H](C)N(C)O[N+](C)(C=C)O[N+](C)(C)O1. The lowest BCUT2D eigenvalue weighted by molar-refractivity contribution is -1.45. The molecule has 0 aliphatic carbocycles. The van der Waals surface area contributed by atoms with Gasteiger partial charge in [0.2, 0.25) is 0 Å². The molecule has 8 nitrogen and oxygen atoms in total. The minimum atomic E-state index is -0.415. The molecular weight excluding hydrogens is 240 g/mol. The van der Waals surface area contributed by atoms with Crippen molar-refractivity contribution >= 4 is 0 Å². The van der Waals surface area contributed by atoms with Gasteiger partial charge in [0.05, 0.1) is 15.9 Å². The van der Waals surface area contributed by atoms with Crippen LogP contribution >= 0.6 is 0 Å². The van der Waals surface area contributed by atoms with Crippen LogP contribution < -0.4 is 0 Å². The summed E-state index contributed by atoms with van der Waals surface area (Å²) in [5.41, 5.74) is 0. The van der Waals surface area contributed by atoms with E-state index in [2.05, 4.69) is 13.2 Å². The predicted molar refractivity (Wildman–Crippen MR) is 62.1 cm³/mol. The molecule has 0 saturated carbocycles. The Morgan fingerprint density at radius 2 is 1.78 bits per heavy atom. The van der Waals surface area contributed by atoms with Gasteiger partial charge in [-0.3, -0.25) is 0 Å². The molecule has 1 saturated heterocycles. The molecule has 0 bridgehead atoms. The molecular formula is C10H22N4O4+2. The van der Waals surface area contributed by atoms with E-state index in [9.17, 15) is 0 Å². The van der Waals surface area contributed by atoms with Crippen LogP contribution in [0.1, 0.15) is 6.92 Å². The molecule has 1 rings (SSSR count). The predicted octanol–water partition coefficient (Wildman–Crippen LogP) is 0.861. The molecule has 1 aliphatic rings. The van der Waals surface area contributed by atoms with Crippen LogP contribution in [0.4, 0.5) is 0 Å². The molecule has 0 aromatic heterocycles. The summed E-state index contributed by atoms with van der Waals surface area (Å²) in [4.78, 5) is 21.5. The lowest BCUT2D eigenvalue weighted by Crippen LogP contribution is -2.54. The second-order valence-corrected chi connectivity index (χ2v) is 4.31. The Balaban J connectivity index is 3.01. The fourth-order valence-electron chi connectivity index (χ4n) is 1.32. The quantitative estimate of drug-likeness (QED) is 0.688. The van der Waals surface area contributed by atoms with Crippen molar-refractivity contribution in [1.29, 1.82) is 0 Å². The maximum absolute atomic E-state index is 5.65. The Hall–Kier alpha value is -1.00. The van der Waals surface area contributed by atoms with Crippen LogP contribution in [0.2, 0.25) is 0 Å². The van der Waals surface area contributed by atoms with E-state index in [-0.39, 0.29) is 9.62 Å². The van der Waals surface area contributed by atoms with Crippen LogP contribution in [0.25, 0.3) is 0 Å². The normalized spacial score (nSPS) is 34.3. The molecule has 0 aromatic rings. The third kappa shape index (κ3) is 3.75. The van der Waals surface area contributed by atoms with Gasteiger partial charge in [0.25, 0.3) is 0 Å². The van der Waals surface area contributed by atoms with Gasteiger partial charge in [0.15, 0.2) is 12.4 Å². The van der Waals surface area contributed by atoms with E-state index in [1.165, 1.54) is 17.5 Å². The minimum Gasteiger partial charge on any atom is -0.223 e. The number of rotatable bonds is 2. The van der Waals surface area contributed by atoms with Crippen LogP contribution in [0.3, 0.4) is 0 Å². The molecule has 104 valence electrons. The summed E-state index contributed by atoms with van der Waals surface area (Å²) in [6.45, 7) is 9.06. The molecule has 18 heavy (non-hydrogen) atoms. The second-order valence-electron chi connectivity index (χ2n) is 4.31. The Kier molecular flexibility index (Phi) is 4.46. The van der Waals surface area contributed by atoms with Gasteiger partial charge in [0, 0.05) is 11.9 Å². The van der Waals surface area contributed by atoms with Crippen LogP contribution in [0.5, 0.6) is 0 Å². The van der Waals surface area contributed by atoms with E-state index in [4.69, 9.17) is 19.7 Å². The second kappa shape index (κ2) is 5.33. The van der Waals surface area contributed by atoms with E-state index in [1.807, 2.05) is 0 Å². The fourth-order valence-corrected chi connectivity index (χ4v) is 1.32. The maximum Gasteiger partial charge on any atom is 0.166 e. The fraction of sp³-hybridized carbons (Fsp3) is 0.600. The van der Waals surface area contributed by atoms with Crippen molar-refractivity contribution in [2.45, 2.75) is 13.2 Å². The van der Waals surface area contributed by atoms with E-state index in [0.717, 1.165) is 5.23 Å². The van der Waals surface area contributed by atoms with Gasteiger partial charge >= 0.3 is 0 Å². The Morgan fingerprint density at radius 1 is 1.17 bits per heavy atom. The molecule has 1 heterocycles. The highest BCUT2D eigenvalue weighted by molar-refractivity contribution is 4.54. The van der Waals surface area contributed by atoms with Gasteiger partial charge in [-0.15, -0.1) is 5.06 Å². The number of hydroxylamine groups is 12. The van der Waals surface area contributed by atoms with E-state index in [0.29, 0.717) is 0 Å². The summed E-state index contributed by atoms with van der Waals surface area (Å²) in [7, 11) is 6.71. The van der Waals surface area contributed by atoms with Crippen molar-refractivity contribution < 1.29 is 29.3 Å². The average molecular weight is 262 g/mol. The van der Waals surface area contributed by atoms with Crippen molar-refractivity contribution in [3.63, 3.8) is 0 Å². The van der Waals surface area contributed by atoms with E-state index in [1.54, 1.807) is 35.1 Å². The summed E-state index contributed by atoms with van der Waals surface area (Å²) in [5.74, 6) is 0. The molecule has 0 amide bonds. The highest BCUT2D eigenvalue weighted by Gasteiger charge is 2.43. The van der Waals surface area contributed by atoms with Gasteiger partial charge in [-0.05, 0) is 18.4 Å². The molecule has 1 unspecified atom stereocenters. The number of hydrogen-bond acceptors (Lipinski definition) is 6. The molecule has 0 radical (unpaired) electrons. The highest BCUT2D eigenvalue weighted by Crippen LogP contribution is 2.21. The zero-order valence-electron chi connectivity index (χ0n) is 11.6. The summed E-state index contributed by atoms with van der Waals surface area (Å²) in [5, 5.41) is 2.59. The van der Waals surface area contributed by atoms with Crippen molar-refractivity contribution in [2.24, 2.45) is 0 Å². The zero-order chi connectivity index (χ0) is 14.0. The Morgan fingerprint density at radius 3 is 2.28 bits per heavy atom. The first-order chi connectivity index (χ1) is 8.21. The van der Waals surface area contributed by atoms with Crippen molar-refractivity contribution in [3.8, 4) is 0 Å². The molecule has 1 aliphatic heterocycles. The van der Waals surface area contributed by atoms with Gasteiger partial charge in [-0.25, -0.2) is 4.84 Å². The number of quaternary nitrogens is 2. The van der Waals surface area contributed by atoms with Crippen molar-refractivity contribution in [2.75, 3.05) is 28.2 Å². The van der Waals surface area contributed by atoms with E-state index < -0.39 is 6.23 Å². The van der Waals surface area contributed by atoms with Gasteiger partial charge in [-0.1, -0.05) is 16.7 Å². The molecule has 2 atom stereocenters. The lowest BCUT2D eigenvalue weighted by Gasteiger charge is -2.29. The molecule has 8 heteroatoms. The topological polar surface area (TPSA) is 43.4 Å². The summed E-state index contributed by atoms with van der Waals surface area (Å²) >= 11 is 0. The monoisotopic (exact) mass is 262 g/mol. The zero-order valence-corrected chi connectivity index (χ0v) is 11.6. The van der Waals surface area contributed by atoms with Crippen LogP contribution in [-0.4, -0.2) is 54.3 Å². The van der Waals surface area contributed by atoms with Crippen molar-refractivity contribution in [1.82, 2.24) is 10.3 Å². The third-order valence-electron chi connectivity index (χ3n) is 2.18. The smallest absolute Gasteiger partial charge is 0.166 e. The average Bonchev–Trinajstić information content (AvgIpc) is 2.28. The van der Waals surface area contributed by atoms with Gasteiger partial charge in [0.1, 0.15) is 21.1 Å². The molecule has 0 N–H and O–H groups in total. The van der Waals surface area contributed by atoms with E-state index >= 15 is 0 Å². The molecule has 0 aromatic carbocycles. The number of nitrogens with zero attached hydrogens (tertiary/aromatic N) is 4. The maximum atomic E-state index is 5.65. The first kappa shape index (κ1) is 15.1. The summed E-state index contributed by atoms with van der Waals surface area (Å²) < 4.78 is 0. The standard InChI is InChI=1S/C10H22N4O4/c1-8-12-15-10(3)11(4)16-14(7,9-2)18-13(5,6)17-12/h8-10H,1-2H2,3-7H3/q+2/t10-,14?/m1/s1.